The highest BCUT2D eigenvalue weighted by molar-refractivity contribution is 5.19. The van der Waals surface area contributed by atoms with E-state index in [1.165, 1.54) is 38.5 Å². The van der Waals surface area contributed by atoms with Crippen molar-refractivity contribution in [1.29, 1.82) is 0 Å². The predicted octanol–water partition coefficient (Wildman–Crippen LogP) is 4.04. The van der Waals surface area contributed by atoms with Crippen LogP contribution in [0, 0.1) is 6.08 Å². The molecule has 0 amide bonds. The van der Waals surface area contributed by atoms with Crippen LogP contribution in [0.2, 0.25) is 0 Å². The van der Waals surface area contributed by atoms with Crippen molar-refractivity contribution < 1.29 is 0 Å². The molecule has 0 spiro atoms. The highest BCUT2D eigenvalue weighted by Crippen LogP contribution is 2.17. The molecule has 0 nitrogen and oxygen atoms in total. The average Bonchev–Trinajstić information content (AvgIpc) is 2.57. The molecule has 0 N–H and O–H groups in total. The molecule has 1 radical (unpaired) electrons. The molecule has 0 aliphatic heterocycles. The summed E-state index contributed by atoms with van der Waals surface area (Å²) in [5.41, 5.74) is 1.58. The Morgan fingerprint density at radius 2 is 2.08 bits per heavy atom. The Kier molecular flexibility index (Phi) is 4.82. The van der Waals surface area contributed by atoms with Gasteiger partial charge in [0.1, 0.15) is 0 Å². The van der Waals surface area contributed by atoms with Crippen molar-refractivity contribution in [3.05, 3.63) is 23.8 Å². The van der Waals surface area contributed by atoms with E-state index in [2.05, 4.69) is 25.2 Å². The quantitative estimate of drug-likeness (QED) is 0.518. The van der Waals surface area contributed by atoms with E-state index in [4.69, 9.17) is 0 Å². The van der Waals surface area contributed by atoms with Gasteiger partial charge in [0, 0.05) is 0 Å². The molecule has 0 saturated heterocycles. The van der Waals surface area contributed by atoms with Crippen LogP contribution in [0.1, 0.15) is 51.9 Å². The SMILES string of the molecule is CCCCCCCC1=CC=[C]C1. The zero-order valence-corrected chi connectivity index (χ0v) is 8.10. The van der Waals surface area contributed by atoms with E-state index in [-0.39, 0.29) is 0 Å². The molecule has 0 aromatic carbocycles. The van der Waals surface area contributed by atoms with Gasteiger partial charge in [-0.05, 0) is 25.3 Å². The first kappa shape index (κ1) is 9.57. The lowest BCUT2D eigenvalue weighted by Gasteiger charge is -2.00. The first-order chi connectivity index (χ1) is 5.93. The second-order valence-corrected chi connectivity index (χ2v) is 3.54. The second kappa shape index (κ2) is 6.05. The van der Waals surface area contributed by atoms with Crippen LogP contribution in [0.3, 0.4) is 0 Å². The molecule has 0 aromatic heterocycles. The van der Waals surface area contributed by atoms with Crippen LogP contribution in [0.4, 0.5) is 0 Å². The fourth-order valence-corrected chi connectivity index (χ4v) is 1.55. The summed E-state index contributed by atoms with van der Waals surface area (Å²) in [4.78, 5) is 0. The van der Waals surface area contributed by atoms with Gasteiger partial charge in [-0.25, -0.2) is 0 Å². The van der Waals surface area contributed by atoms with Gasteiger partial charge in [-0.3, -0.25) is 0 Å². The van der Waals surface area contributed by atoms with E-state index in [1.807, 2.05) is 0 Å². The van der Waals surface area contributed by atoms with Gasteiger partial charge in [-0.2, -0.15) is 0 Å². The van der Waals surface area contributed by atoms with Crippen LogP contribution < -0.4 is 0 Å². The van der Waals surface area contributed by atoms with Crippen molar-refractivity contribution >= 4 is 0 Å². The predicted molar refractivity (Wildman–Crippen MR) is 53.9 cm³/mol. The monoisotopic (exact) mass is 163 g/mol. The van der Waals surface area contributed by atoms with Gasteiger partial charge >= 0.3 is 0 Å². The fraction of sp³-hybridized carbons (Fsp3) is 0.667. The molecule has 0 bridgehead atoms. The van der Waals surface area contributed by atoms with E-state index < -0.39 is 0 Å². The molecule has 0 heteroatoms. The van der Waals surface area contributed by atoms with E-state index >= 15 is 0 Å². The first-order valence-corrected chi connectivity index (χ1v) is 5.18. The van der Waals surface area contributed by atoms with E-state index in [0.717, 1.165) is 6.42 Å². The van der Waals surface area contributed by atoms with Gasteiger partial charge < -0.3 is 0 Å². The maximum atomic E-state index is 3.21. The molecule has 1 rings (SSSR count). The fourth-order valence-electron chi connectivity index (χ4n) is 1.55. The molecular formula is C12H19. The molecule has 0 saturated carbocycles. The van der Waals surface area contributed by atoms with Gasteiger partial charge in [-0.1, -0.05) is 50.3 Å². The number of rotatable bonds is 6. The van der Waals surface area contributed by atoms with Crippen molar-refractivity contribution in [2.24, 2.45) is 0 Å². The third-order valence-electron chi connectivity index (χ3n) is 2.37. The minimum absolute atomic E-state index is 1.09. The summed E-state index contributed by atoms with van der Waals surface area (Å²) in [6.07, 6.45) is 16.8. The molecule has 1 aliphatic carbocycles. The van der Waals surface area contributed by atoms with Crippen LogP contribution >= 0.6 is 0 Å². The topological polar surface area (TPSA) is 0 Å². The largest absolute Gasteiger partial charge is 0.0658 e. The lowest BCUT2D eigenvalue weighted by atomic mass is 10.1. The summed E-state index contributed by atoms with van der Waals surface area (Å²) >= 11 is 0. The first-order valence-electron chi connectivity index (χ1n) is 5.18. The van der Waals surface area contributed by atoms with Gasteiger partial charge in [-0.15, -0.1) is 0 Å². The van der Waals surface area contributed by atoms with Crippen LogP contribution in [-0.2, 0) is 0 Å². The van der Waals surface area contributed by atoms with Crippen LogP contribution in [0.5, 0.6) is 0 Å². The number of hydrogen-bond acceptors (Lipinski definition) is 0. The van der Waals surface area contributed by atoms with Crippen molar-refractivity contribution in [3.8, 4) is 0 Å². The zero-order chi connectivity index (χ0) is 8.65. The van der Waals surface area contributed by atoms with Crippen molar-refractivity contribution in [2.75, 3.05) is 0 Å². The number of hydrogen-bond donors (Lipinski definition) is 0. The molecule has 12 heavy (non-hydrogen) atoms. The Morgan fingerprint density at radius 1 is 1.25 bits per heavy atom. The van der Waals surface area contributed by atoms with Gasteiger partial charge in [0.15, 0.2) is 0 Å². The summed E-state index contributed by atoms with van der Waals surface area (Å²) in [6.45, 7) is 2.26. The van der Waals surface area contributed by atoms with Gasteiger partial charge in [0.05, 0.1) is 0 Å². The molecule has 0 unspecified atom stereocenters. The van der Waals surface area contributed by atoms with Gasteiger partial charge in [0.2, 0.25) is 0 Å². The van der Waals surface area contributed by atoms with Crippen molar-refractivity contribution in [1.82, 2.24) is 0 Å². The van der Waals surface area contributed by atoms with Crippen molar-refractivity contribution in [3.63, 3.8) is 0 Å². The maximum absolute atomic E-state index is 3.21. The Labute approximate surface area is 76.4 Å². The highest BCUT2D eigenvalue weighted by Gasteiger charge is 1.98. The number of allylic oxidation sites excluding steroid dienone is 4. The van der Waals surface area contributed by atoms with E-state index in [0.29, 0.717) is 0 Å². The zero-order valence-electron chi connectivity index (χ0n) is 8.10. The Hall–Kier alpha value is -0.520. The molecular weight excluding hydrogens is 144 g/mol. The second-order valence-electron chi connectivity index (χ2n) is 3.54. The number of unbranched alkanes of at least 4 members (excludes halogenated alkanes) is 4. The summed E-state index contributed by atoms with van der Waals surface area (Å²) in [5.74, 6) is 0. The van der Waals surface area contributed by atoms with Gasteiger partial charge in [0.25, 0.3) is 0 Å². The van der Waals surface area contributed by atoms with E-state index in [1.54, 1.807) is 5.57 Å². The lowest BCUT2D eigenvalue weighted by molar-refractivity contribution is 0.628. The summed E-state index contributed by atoms with van der Waals surface area (Å²) < 4.78 is 0. The third-order valence-corrected chi connectivity index (χ3v) is 2.37. The lowest BCUT2D eigenvalue weighted by Crippen LogP contribution is -1.81. The standard InChI is InChI=1S/C12H19/c1-2-3-4-5-6-9-12-10-7-8-11-12/h7,10H,2-6,9,11H2,1H3. The Morgan fingerprint density at radius 3 is 2.75 bits per heavy atom. The van der Waals surface area contributed by atoms with Crippen LogP contribution in [0.15, 0.2) is 17.7 Å². The molecule has 0 heterocycles. The normalized spacial score (nSPS) is 15.2. The average molecular weight is 163 g/mol. The molecule has 0 aromatic rings. The molecule has 67 valence electrons. The van der Waals surface area contributed by atoms with Crippen molar-refractivity contribution in [2.45, 2.75) is 51.9 Å². The molecule has 1 aliphatic rings. The maximum Gasteiger partial charge on any atom is -0.00611 e. The summed E-state index contributed by atoms with van der Waals surface area (Å²) in [6, 6.07) is 0. The minimum Gasteiger partial charge on any atom is -0.0658 e. The Balaban J connectivity index is 1.89. The minimum atomic E-state index is 1.09. The van der Waals surface area contributed by atoms with Crippen LogP contribution in [-0.4, -0.2) is 0 Å². The van der Waals surface area contributed by atoms with Crippen LogP contribution in [0.25, 0.3) is 0 Å². The molecule has 0 atom stereocenters. The Bertz CT molecular complexity index is 163. The highest BCUT2D eigenvalue weighted by atomic mass is 14.0. The van der Waals surface area contributed by atoms with E-state index in [9.17, 15) is 0 Å². The summed E-state index contributed by atoms with van der Waals surface area (Å²) in [7, 11) is 0. The molecule has 0 fully saturated rings. The summed E-state index contributed by atoms with van der Waals surface area (Å²) in [5, 5.41) is 0. The third kappa shape index (κ3) is 3.75. The smallest absolute Gasteiger partial charge is 0.00611 e.